The molecule has 0 fully saturated rings. The van der Waals surface area contributed by atoms with Crippen molar-refractivity contribution in [1.29, 1.82) is 0 Å². The van der Waals surface area contributed by atoms with Gasteiger partial charge in [0.15, 0.2) is 0 Å². The number of carbonyl (C=O) groups is 1. The van der Waals surface area contributed by atoms with Crippen LogP contribution < -0.4 is 5.73 Å². The molecule has 0 spiro atoms. The number of hydrogen-bond donors (Lipinski definition) is 2. The Morgan fingerprint density at radius 2 is 1.94 bits per heavy atom. The highest BCUT2D eigenvalue weighted by molar-refractivity contribution is 5.88. The monoisotopic (exact) mass is 248 g/mol. The van der Waals surface area contributed by atoms with Gasteiger partial charge in [0.2, 0.25) is 0 Å². The molecule has 4 nitrogen and oxygen atoms in total. The van der Waals surface area contributed by atoms with E-state index in [0.717, 1.165) is 5.56 Å². The van der Waals surface area contributed by atoms with E-state index in [1.54, 1.807) is 6.92 Å². The molecule has 1 rings (SSSR count). The van der Waals surface area contributed by atoms with E-state index in [-0.39, 0.29) is 11.6 Å². The van der Waals surface area contributed by atoms with Gasteiger partial charge in [0.05, 0.1) is 5.57 Å². The van der Waals surface area contributed by atoms with E-state index in [4.69, 9.17) is 10.8 Å². The third-order valence-corrected chi connectivity index (χ3v) is 3.01. The normalized spacial score (nSPS) is 14.2. The van der Waals surface area contributed by atoms with Crippen molar-refractivity contribution >= 4 is 5.97 Å². The van der Waals surface area contributed by atoms with Crippen molar-refractivity contribution in [3.63, 3.8) is 0 Å². The number of carboxylic acids is 1. The molecule has 0 amide bonds. The van der Waals surface area contributed by atoms with Crippen molar-refractivity contribution in [2.45, 2.75) is 26.4 Å². The fraction of sp³-hybridized carbons (Fsp3) is 0.357. The summed E-state index contributed by atoms with van der Waals surface area (Å²) in [4.78, 5) is 13.1. The van der Waals surface area contributed by atoms with Crippen LogP contribution in [0.15, 0.2) is 41.6 Å². The van der Waals surface area contributed by atoms with Gasteiger partial charge in [-0.15, -0.1) is 0 Å². The highest BCUT2D eigenvalue weighted by atomic mass is 16.4. The van der Waals surface area contributed by atoms with Crippen molar-refractivity contribution in [2.75, 3.05) is 7.05 Å². The second kappa shape index (κ2) is 6.21. The molecule has 0 heterocycles. The molecule has 98 valence electrons. The smallest absolute Gasteiger partial charge is 0.334 e. The predicted octanol–water partition coefficient (Wildman–Crippen LogP) is 1.82. The third-order valence-electron chi connectivity index (χ3n) is 3.01. The van der Waals surface area contributed by atoms with Crippen LogP contribution in [0.5, 0.6) is 0 Å². The predicted molar refractivity (Wildman–Crippen MR) is 71.9 cm³/mol. The molecule has 0 aliphatic rings. The minimum absolute atomic E-state index is 0.229. The van der Waals surface area contributed by atoms with Gasteiger partial charge in [0, 0.05) is 18.3 Å². The zero-order valence-corrected chi connectivity index (χ0v) is 11.1. The molecular formula is C14H20N2O2. The van der Waals surface area contributed by atoms with Crippen molar-refractivity contribution in [1.82, 2.24) is 4.90 Å². The standard InChI is InChI=1S/C14H20N2O2/c1-10(15)13(14(17)18)11(2)16(3)9-12-7-5-4-6-8-12/h4-8,11H,9,15H2,1-3H3,(H,17,18)/b13-10-. The summed E-state index contributed by atoms with van der Waals surface area (Å²) >= 11 is 0. The number of nitrogens with two attached hydrogens (primary N) is 1. The topological polar surface area (TPSA) is 66.6 Å². The largest absolute Gasteiger partial charge is 0.478 e. The third kappa shape index (κ3) is 3.60. The lowest BCUT2D eigenvalue weighted by Gasteiger charge is -2.26. The Kier molecular flexibility index (Phi) is 4.92. The molecule has 4 heteroatoms. The van der Waals surface area contributed by atoms with Crippen LogP contribution in [0.3, 0.4) is 0 Å². The molecule has 0 saturated heterocycles. The zero-order valence-electron chi connectivity index (χ0n) is 11.1. The molecule has 0 bridgehead atoms. The maximum absolute atomic E-state index is 11.2. The van der Waals surface area contributed by atoms with E-state index >= 15 is 0 Å². The Bertz CT molecular complexity index is 436. The van der Waals surface area contributed by atoms with E-state index < -0.39 is 5.97 Å². The SMILES string of the molecule is C/C(N)=C(/C(=O)O)C(C)N(C)Cc1ccccc1. The number of hydrogen-bond acceptors (Lipinski definition) is 3. The molecule has 18 heavy (non-hydrogen) atoms. The summed E-state index contributed by atoms with van der Waals surface area (Å²) in [5.41, 5.74) is 7.40. The Morgan fingerprint density at radius 3 is 2.39 bits per heavy atom. The zero-order chi connectivity index (χ0) is 13.7. The van der Waals surface area contributed by atoms with Crippen molar-refractivity contribution < 1.29 is 9.90 Å². The number of carboxylic acid groups (broad SMARTS) is 1. The van der Waals surface area contributed by atoms with Crippen molar-refractivity contribution in [2.24, 2.45) is 5.73 Å². The van der Waals surface area contributed by atoms with Crippen LogP contribution in [0.2, 0.25) is 0 Å². The molecule has 1 aromatic rings. The van der Waals surface area contributed by atoms with Gasteiger partial charge in [-0.05, 0) is 26.5 Å². The second-order valence-electron chi connectivity index (χ2n) is 4.48. The molecule has 0 radical (unpaired) electrons. The number of nitrogens with zero attached hydrogens (tertiary/aromatic N) is 1. The van der Waals surface area contributed by atoms with Crippen LogP contribution in [0.1, 0.15) is 19.4 Å². The van der Waals surface area contributed by atoms with E-state index in [1.165, 1.54) is 0 Å². The summed E-state index contributed by atoms with van der Waals surface area (Å²) in [5, 5.41) is 9.16. The number of rotatable bonds is 5. The number of benzene rings is 1. The molecule has 0 aliphatic carbocycles. The molecular weight excluding hydrogens is 228 g/mol. The first kappa shape index (κ1) is 14.3. The molecule has 1 unspecified atom stereocenters. The number of aliphatic carboxylic acids is 1. The minimum Gasteiger partial charge on any atom is -0.478 e. The number of allylic oxidation sites excluding steroid dienone is 1. The minimum atomic E-state index is -0.956. The van der Waals surface area contributed by atoms with Gasteiger partial charge < -0.3 is 10.8 Å². The van der Waals surface area contributed by atoms with Gasteiger partial charge in [-0.25, -0.2) is 4.79 Å². The fourth-order valence-corrected chi connectivity index (χ4v) is 1.91. The molecule has 0 aromatic heterocycles. The summed E-state index contributed by atoms with van der Waals surface area (Å²) in [6.07, 6.45) is 0. The molecule has 0 aliphatic heterocycles. The van der Waals surface area contributed by atoms with E-state index in [2.05, 4.69) is 0 Å². The summed E-state index contributed by atoms with van der Waals surface area (Å²) in [7, 11) is 1.89. The summed E-state index contributed by atoms with van der Waals surface area (Å²) in [6, 6.07) is 9.70. The first-order valence-corrected chi connectivity index (χ1v) is 5.87. The van der Waals surface area contributed by atoms with E-state index in [1.807, 2.05) is 49.2 Å². The lowest BCUT2D eigenvalue weighted by atomic mass is 10.1. The van der Waals surface area contributed by atoms with Crippen LogP contribution in [0.25, 0.3) is 0 Å². The van der Waals surface area contributed by atoms with Gasteiger partial charge in [0.25, 0.3) is 0 Å². The van der Waals surface area contributed by atoms with Gasteiger partial charge in [0.1, 0.15) is 0 Å². The first-order chi connectivity index (χ1) is 8.43. The van der Waals surface area contributed by atoms with Crippen LogP contribution in [0, 0.1) is 0 Å². The summed E-state index contributed by atoms with van der Waals surface area (Å²) in [6.45, 7) is 4.16. The molecule has 1 aromatic carbocycles. The van der Waals surface area contributed by atoms with Crippen LogP contribution in [-0.2, 0) is 11.3 Å². The average Bonchev–Trinajstić information content (AvgIpc) is 2.29. The maximum Gasteiger partial charge on any atom is 0.334 e. The maximum atomic E-state index is 11.2. The Labute approximate surface area is 108 Å². The van der Waals surface area contributed by atoms with Crippen LogP contribution in [0.4, 0.5) is 0 Å². The van der Waals surface area contributed by atoms with Crippen LogP contribution >= 0.6 is 0 Å². The summed E-state index contributed by atoms with van der Waals surface area (Å²) < 4.78 is 0. The molecule has 0 saturated carbocycles. The van der Waals surface area contributed by atoms with E-state index in [0.29, 0.717) is 12.2 Å². The Morgan fingerprint density at radius 1 is 1.39 bits per heavy atom. The highest BCUT2D eigenvalue weighted by Gasteiger charge is 2.21. The Balaban J connectivity index is 2.81. The highest BCUT2D eigenvalue weighted by Crippen LogP contribution is 2.14. The second-order valence-corrected chi connectivity index (χ2v) is 4.48. The van der Waals surface area contributed by atoms with Gasteiger partial charge in [-0.1, -0.05) is 30.3 Å². The van der Waals surface area contributed by atoms with Gasteiger partial charge in [-0.3, -0.25) is 4.90 Å². The quantitative estimate of drug-likeness (QED) is 0.780. The fourth-order valence-electron chi connectivity index (χ4n) is 1.91. The Hall–Kier alpha value is -1.81. The molecule has 3 N–H and O–H groups in total. The average molecular weight is 248 g/mol. The van der Waals surface area contributed by atoms with Crippen molar-refractivity contribution in [3.05, 3.63) is 47.2 Å². The van der Waals surface area contributed by atoms with Gasteiger partial charge in [-0.2, -0.15) is 0 Å². The summed E-state index contributed by atoms with van der Waals surface area (Å²) in [5.74, 6) is -0.956. The van der Waals surface area contributed by atoms with Crippen molar-refractivity contribution in [3.8, 4) is 0 Å². The van der Waals surface area contributed by atoms with Crippen LogP contribution in [-0.4, -0.2) is 29.1 Å². The first-order valence-electron chi connectivity index (χ1n) is 5.87. The lowest BCUT2D eigenvalue weighted by Crippen LogP contribution is -2.34. The molecule has 1 atom stereocenters. The van der Waals surface area contributed by atoms with Gasteiger partial charge >= 0.3 is 5.97 Å². The lowest BCUT2D eigenvalue weighted by molar-refractivity contribution is -0.133. The number of likely N-dealkylation sites (N-methyl/N-ethyl adjacent to an activating group) is 1. The van der Waals surface area contributed by atoms with E-state index in [9.17, 15) is 4.79 Å².